The minimum atomic E-state index is -0.497. The lowest BCUT2D eigenvalue weighted by molar-refractivity contribution is -0.384. The Morgan fingerprint density at radius 2 is 1.96 bits per heavy atom. The van der Waals surface area contributed by atoms with Crippen molar-refractivity contribution in [1.82, 2.24) is 0 Å². The molecule has 0 aliphatic carbocycles. The monoisotopic (exact) mass is 339 g/mol. The van der Waals surface area contributed by atoms with Gasteiger partial charge in [0, 0.05) is 24.6 Å². The summed E-state index contributed by atoms with van der Waals surface area (Å²) in [7, 11) is 0. The zero-order valence-corrected chi connectivity index (χ0v) is 13.2. The second-order valence-corrected chi connectivity index (χ2v) is 5.27. The van der Waals surface area contributed by atoms with Crippen LogP contribution in [-0.4, -0.2) is 16.7 Å². The van der Waals surface area contributed by atoms with E-state index in [0.29, 0.717) is 22.6 Å². The summed E-state index contributed by atoms with van der Waals surface area (Å²) in [4.78, 5) is 33.9. The first-order valence-corrected chi connectivity index (χ1v) is 7.51. The predicted molar refractivity (Wildman–Crippen MR) is 88.4 cm³/mol. The average molecular weight is 339 g/mol. The number of allylic oxidation sites excluding steroid dienone is 1. The lowest BCUT2D eigenvalue weighted by Crippen LogP contribution is -2.05. The molecule has 7 nitrogen and oxygen atoms in total. The molecule has 0 aromatic heterocycles. The van der Waals surface area contributed by atoms with Gasteiger partial charge in [0.1, 0.15) is 11.5 Å². The number of carbonyl (C=O) groups excluding carboxylic acids is 2. The molecule has 0 N–H and O–H groups in total. The fraction of sp³-hybridized carbons (Fsp3) is 0.111. The molecule has 3 rings (SSSR count). The molecule has 2 aromatic rings. The third kappa shape index (κ3) is 3.40. The third-order valence-corrected chi connectivity index (χ3v) is 3.56. The number of benzene rings is 2. The highest BCUT2D eigenvalue weighted by molar-refractivity contribution is 6.14. The van der Waals surface area contributed by atoms with Crippen LogP contribution < -0.4 is 9.47 Å². The van der Waals surface area contributed by atoms with Crippen molar-refractivity contribution < 1.29 is 24.0 Å². The normalized spacial score (nSPS) is 14.1. The van der Waals surface area contributed by atoms with Crippen LogP contribution in [0, 0.1) is 10.1 Å². The molecule has 0 saturated heterocycles. The number of nitro groups is 1. The number of carbonyl (C=O) groups is 2. The molecule has 1 aliphatic heterocycles. The van der Waals surface area contributed by atoms with E-state index in [1.165, 1.54) is 48.5 Å². The van der Waals surface area contributed by atoms with Crippen LogP contribution in [0.15, 0.2) is 48.2 Å². The van der Waals surface area contributed by atoms with Crippen molar-refractivity contribution in [3.05, 3.63) is 69.5 Å². The Bertz CT molecular complexity index is 898. The molecule has 0 radical (unpaired) electrons. The number of non-ortho nitro benzene ring substituents is 1. The highest BCUT2D eigenvalue weighted by atomic mass is 16.6. The van der Waals surface area contributed by atoms with E-state index in [9.17, 15) is 19.7 Å². The Balaban J connectivity index is 1.84. The van der Waals surface area contributed by atoms with E-state index < -0.39 is 4.92 Å². The maximum atomic E-state index is 12.4. The van der Waals surface area contributed by atoms with Gasteiger partial charge < -0.3 is 9.47 Å². The van der Waals surface area contributed by atoms with Crippen molar-refractivity contribution in [2.24, 2.45) is 0 Å². The Labute approximate surface area is 142 Å². The van der Waals surface area contributed by atoms with E-state index in [4.69, 9.17) is 9.47 Å². The lowest BCUT2D eigenvalue weighted by Gasteiger charge is -2.03. The van der Waals surface area contributed by atoms with Gasteiger partial charge in [-0.25, -0.2) is 0 Å². The van der Waals surface area contributed by atoms with Crippen LogP contribution in [0.2, 0.25) is 0 Å². The van der Waals surface area contributed by atoms with Crippen LogP contribution in [0.1, 0.15) is 29.3 Å². The summed E-state index contributed by atoms with van der Waals surface area (Å²) in [6, 6.07) is 10.3. The van der Waals surface area contributed by atoms with Crippen LogP contribution >= 0.6 is 0 Å². The Kier molecular flexibility index (Phi) is 4.30. The summed E-state index contributed by atoms with van der Waals surface area (Å²) in [5.74, 6) is 0.0185. The number of fused-ring (bicyclic) bond motifs is 1. The molecule has 7 heteroatoms. The van der Waals surface area contributed by atoms with Crippen molar-refractivity contribution in [1.29, 1.82) is 0 Å². The number of hydrogen-bond donors (Lipinski definition) is 0. The average Bonchev–Trinajstić information content (AvgIpc) is 2.90. The topological polar surface area (TPSA) is 95.7 Å². The molecule has 2 aromatic carbocycles. The summed E-state index contributed by atoms with van der Waals surface area (Å²) in [6.45, 7) is 1.68. The second-order valence-electron chi connectivity index (χ2n) is 5.27. The van der Waals surface area contributed by atoms with Gasteiger partial charge in [-0.3, -0.25) is 19.7 Å². The molecule has 126 valence electrons. The van der Waals surface area contributed by atoms with Crippen LogP contribution in [0.3, 0.4) is 0 Å². The van der Waals surface area contributed by atoms with Crippen LogP contribution in [0.5, 0.6) is 11.5 Å². The predicted octanol–water partition coefficient (Wildman–Crippen LogP) is 3.53. The van der Waals surface area contributed by atoms with Crippen molar-refractivity contribution in [3.63, 3.8) is 0 Å². The number of ether oxygens (including phenoxy) is 2. The molecule has 0 atom stereocenters. The minimum Gasteiger partial charge on any atom is -0.452 e. The van der Waals surface area contributed by atoms with Gasteiger partial charge >= 0.3 is 5.97 Å². The van der Waals surface area contributed by atoms with Gasteiger partial charge in [0.05, 0.1) is 10.5 Å². The SMILES string of the molecule is CCC(=O)Oc1ccc2c(c1)O/C(=C\c1ccc([N+](=O)[O-])cc1)C2=O. The minimum absolute atomic E-state index is 0.0357. The molecular formula is C18H13NO6. The number of ketones is 1. The summed E-state index contributed by atoms with van der Waals surface area (Å²) in [5, 5.41) is 10.7. The van der Waals surface area contributed by atoms with Crippen molar-refractivity contribution in [3.8, 4) is 11.5 Å². The van der Waals surface area contributed by atoms with Gasteiger partial charge in [-0.05, 0) is 35.9 Å². The van der Waals surface area contributed by atoms with Gasteiger partial charge in [-0.2, -0.15) is 0 Å². The smallest absolute Gasteiger partial charge is 0.310 e. The van der Waals surface area contributed by atoms with Crippen LogP contribution in [0.25, 0.3) is 6.08 Å². The molecule has 1 aliphatic rings. The first-order chi connectivity index (χ1) is 12.0. The molecule has 0 spiro atoms. The molecule has 0 amide bonds. The van der Waals surface area contributed by atoms with Gasteiger partial charge in [-0.15, -0.1) is 0 Å². The van der Waals surface area contributed by atoms with Gasteiger partial charge in [0.2, 0.25) is 5.78 Å². The number of rotatable bonds is 4. The highest BCUT2D eigenvalue weighted by Crippen LogP contribution is 2.35. The van der Waals surface area contributed by atoms with Crippen molar-refractivity contribution >= 4 is 23.5 Å². The fourth-order valence-electron chi connectivity index (χ4n) is 2.28. The number of nitro benzene ring substituents is 1. The molecule has 0 saturated carbocycles. The summed E-state index contributed by atoms with van der Waals surface area (Å²) >= 11 is 0. The summed E-state index contributed by atoms with van der Waals surface area (Å²) < 4.78 is 10.6. The van der Waals surface area contributed by atoms with Gasteiger partial charge in [-0.1, -0.05) is 6.92 Å². The molecular weight excluding hydrogens is 326 g/mol. The zero-order valence-electron chi connectivity index (χ0n) is 13.2. The standard InChI is InChI=1S/C18H13NO6/c1-2-17(20)24-13-7-8-14-15(10-13)25-16(18(14)21)9-11-3-5-12(6-4-11)19(22)23/h3-10H,2H2,1H3/b16-9-. The first-order valence-electron chi connectivity index (χ1n) is 7.51. The maximum Gasteiger partial charge on any atom is 0.310 e. The number of hydrogen-bond acceptors (Lipinski definition) is 6. The van der Waals surface area contributed by atoms with Crippen molar-refractivity contribution in [2.45, 2.75) is 13.3 Å². The maximum absolute atomic E-state index is 12.4. The Hall–Kier alpha value is -3.48. The Morgan fingerprint density at radius 3 is 2.60 bits per heavy atom. The first kappa shape index (κ1) is 16.4. The molecule has 0 bridgehead atoms. The van der Waals surface area contributed by atoms with E-state index in [2.05, 4.69) is 0 Å². The van der Waals surface area contributed by atoms with Gasteiger partial charge in [0.25, 0.3) is 5.69 Å². The number of esters is 1. The van der Waals surface area contributed by atoms with E-state index in [1.807, 2.05) is 0 Å². The van der Waals surface area contributed by atoms with Gasteiger partial charge in [0.15, 0.2) is 5.76 Å². The highest BCUT2D eigenvalue weighted by Gasteiger charge is 2.28. The van der Waals surface area contributed by atoms with E-state index in [0.717, 1.165) is 0 Å². The lowest BCUT2D eigenvalue weighted by atomic mass is 10.1. The number of nitrogens with zero attached hydrogens (tertiary/aromatic N) is 1. The molecule has 0 unspecified atom stereocenters. The van der Waals surface area contributed by atoms with Crippen LogP contribution in [-0.2, 0) is 4.79 Å². The largest absolute Gasteiger partial charge is 0.452 e. The molecule has 1 heterocycles. The zero-order chi connectivity index (χ0) is 18.0. The van der Waals surface area contributed by atoms with E-state index in [1.54, 1.807) is 6.92 Å². The molecule has 0 fully saturated rings. The number of Topliss-reactive ketones (excluding diaryl/α,β-unsaturated/α-hetero) is 1. The van der Waals surface area contributed by atoms with E-state index in [-0.39, 0.29) is 29.6 Å². The molecule has 25 heavy (non-hydrogen) atoms. The van der Waals surface area contributed by atoms with E-state index >= 15 is 0 Å². The third-order valence-electron chi connectivity index (χ3n) is 3.56. The van der Waals surface area contributed by atoms with Crippen LogP contribution in [0.4, 0.5) is 5.69 Å². The quantitative estimate of drug-likeness (QED) is 0.278. The Morgan fingerprint density at radius 1 is 1.24 bits per heavy atom. The summed E-state index contributed by atoms with van der Waals surface area (Å²) in [5.41, 5.74) is 0.926. The second kappa shape index (κ2) is 6.56. The van der Waals surface area contributed by atoms with Crippen molar-refractivity contribution in [2.75, 3.05) is 0 Å². The summed E-state index contributed by atoms with van der Waals surface area (Å²) in [6.07, 6.45) is 1.74. The fourth-order valence-corrected chi connectivity index (χ4v) is 2.28.